The van der Waals surface area contributed by atoms with E-state index in [9.17, 15) is 4.39 Å². The molecule has 0 radical (unpaired) electrons. The molecule has 2 aromatic rings. The van der Waals surface area contributed by atoms with Crippen LogP contribution in [0.1, 0.15) is 24.2 Å². The van der Waals surface area contributed by atoms with Crippen LogP contribution in [-0.4, -0.2) is 11.5 Å². The van der Waals surface area contributed by atoms with Gasteiger partial charge in [-0.3, -0.25) is 4.98 Å². The zero-order chi connectivity index (χ0) is 12.3. The van der Waals surface area contributed by atoms with Gasteiger partial charge in [-0.25, -0.2) is 4.39 Å². The van der Waals surface area contributed by atoms with Crippen molar-refractivity contribution in [3.05, 3.63) is 50.6 Å². The van der Waals surface area contributed by atoms with Crippen molar-refractivity contribution in [3.63, 3.8) is 0 Å². The van der Waals surface area contributed by atoms with Gasteiger partial charge < -0.3 is 5.32 Å². The monoisotopic (exact) mass is 314 g/mol. The third-order valence-electron chi connectivity index (χ3n) is 2.41. The standard InChI is InChI=1S/C12H12BrFN2S/c1-2-15-12(9-6-17-7-10(9)13)11-4-3-8(14)5-16-11/h3-7,12,15H,2H2,1H3. The van der Waals surface area contributed by atoms with Crippen LogP contribution in [0.15, 0.2) is 33.6 Å². The average Bonchev–Trinajstić information content (AvgIpc) is 2.74. The number of hydrogen-bond donors (Lipinski definition) is 1. The topological polar surface area (TPSA) is 24.9 Å². The summed E-state index contributed by atoms with van der Waals surface area (Å²) < 4.78 is 13.9. The van der Waals surface area contributed by atoms with E-state index in [0.717, 1.165) is 22.3 Å². The van der Waals surface area contributed by atoms with Crippen LogP contribution in [0.2, 0.25) is 0 Å². The molecule has 0 aliphatic carbocycles. The average molecular weight is 315 g/mol. The second-order valence-electron chi connectivity index (χ2n) is 3.57. The van der Waals surface area contributed by atoms with Gasteiger partial charge in [0.15, 0.2) is 0 Å². The zero-order valence-corrected chi connectivity index (χ0v) is 11.7. The van der Waals surface area contributed by atoms with Gasteiger partial charge in [0.25, 0.3) is 0 Å². The maximum absolute atomic E-state index is 12.9. The van der Waals surface area contributed by atoms with E-state index in [1.807, 2.05) is 12.3 Å². The zero-order valence-electron chi connectivity index (χ0n) is 9.28. The lowest BCUT2D eigenvalue weighted by Crippen LogP contribution is -2.22. The van der Waals surface area contributed by atoms with Gasteiger partial charge in [0.1, 0.15) is 5.82 Å². The second-order valence-corrected chi connectivity index (χ2v) is 5.16. The lowest BCUT2D eigenvalue weighted by molar-refractivity contribution is 0.594. The molecule has 0 aliphatic heterocycles. The molecule has 2 heterocycles. The first kappa shape index (κ1) is 12.7. The second kappa shape index (κ2) is 5.71. The van der Waals surface area contributed by atoms with Crippen molar-refractivity contribution >= 4 is 27.3 Å². The summed E-state index contributed by atoms with van der Waals surface area (Å²) in [7, 11) is 0. The molecule has 5 heteroatoms. The molecule has 1 N–H and O–H groups in total. The van der Waals surface area contributed by atoms with Crippen LogP contribution in [0.3, 0.4) is 0 Å². The van der Waals surface area contributed by atoms with Crippen LogP contribution >= 0.6 is 27.3 Å². The summed E-state index contributed by atoms with van der Waals surface area (Å²) in [6.45, 7) is 2.86. The highest BCUT2D eigenvalue weighted by molar-refractivity contribution is 9.10. The highest BCUT2D eigenvalue weighted by Crippen LogP contribution is 2.30. The lowest BCUT2D eigenvalue weighted by atomic mass is 10.1. The van der Waals surface area contributed by atoms with Gasteiger partial charge in [-0.2, -0.15) is 11.3 Å². The quantitative estimate of drug-likeness (QED) is 0.929. The normalized spacial score (nSPS) is 12.6. The van der Waals surface area contributed by atoms with Crippen LogP contribution < -0.4 is 5.32 Å². The highest BCUT2D eigenvalue weighted by atomic mass is 79.9. The largest absolute Gasteiger partial charge is 0.305 e. The number of thiophene rings is 1. The van der Waals surface area contributed by atoms with Gasteiger partial charge in [0.2, 0.25) is 0 Å². The fraction of sp³-hybridized carbons (Fsp3) is 0.250. The molecule has 0 aromatic carbocycles. The Kier molecular flexibility index (Phi) is 4.25. The number of nitrogens with zero attached hydrogens (tertiary/aromatic N) is 1. The van der Waals surface area contributed by atoms with Gasteiger partial charge in [-0.15, -0.1) is 0 Å². The van der Waals surface area contributed by atoms with Crippen molar-refractivity contribution in [1.82, 2.24) is 10.3 Å². The Bertz CT molecular complexity index is 484. The SMILES string of the molecule is CCNC(c1ccc(F)cn1)c1cscc1Br. The Labute approximate surface area is 112 Å². The molecular formula is C12H12BrFN2S. The fourth-order valence-corrected chi connectivity index (χ4v) is 3.19. The first-order valence-corrected chi connectivity index (χ1v) is 7.02. The molecule has 17 heavy (non-hydrogen) atoms. The Morgan fingerprint density at radius 1 is 1.47 bits per heavy atom. The predicted octanol–water partition coefficient (Wildman–Crippen LogP) is 3.74. The summed E-state index contributed by atoms with van der Waals surface area (Å²) in [5, 5.41) is 7.46. The molecule has 0 fully saturated rings. The number of halogens is 2. The van der Waals surface area contributed by atoms with Gasteiger partial charge in [-0.1, -0.05) is 6.92 Å². The third kappa shape index (κ3) is 2.91. The molecule has 1 atom stereocenters. The minimum atomic E-state index is -0.312. The van der Waals surface area contributed by atoms with Crippen molar-refractivity contribution in [3.8, 4) is 0 Å². The summed E-state index contributed by atoms with van der Waals surface area (Å²) >= 11 is 5.15. The summed E-state index contributed by atoms with van der Waals surface area (Å²) in [5.41, 5.74) is 1.96. The fourth-order valence-electron chi connectivity index (χ4n) is 1.63. The van der Waals surface area contributed by atoms with Crippen LogP contribution in [0.5, 0.6) is 0 Å². The van der Waals surface area contributed by atoms with E-state index in [2.05, 4.69) is 31.6 Å². The number of pyridine rings is 1. The van der Waals surface area contributed by atoms with Gasteiger partial charge in [-0.05, 0) is 45.6 Å². The minimum absolute atomic E-state index is 0.00113. The van der Waals surface area contributed by atoms with E-state index in [1.54, 1.807) is 17.4 Å². The highest BCUT2D eigenvalue weighted by Gasteiger charge is 2.17. The molecule has 0 saturated heterocycles. The summed E-state index contributed by atoms with van der Waals surface area (Å²) in [6.07, 6.45) is 1.25. The van der Waals surface area contributed by atoms with E-state index in [4.69, 9.17) is 0 Å². The molecule has 2 nitrogen and oxygen atoms in total. The van der Waals surface area contributed by atoms with Crippen LogP contribution in [0.25, 0.3) is 0 Å². The smallest absolute Gasteiger partial charge is 0.141 e. The molecule has 0 spiro atoms. The van der Waals surface area contributed by atoms with Gasteiger partial charge >= 0.3 is 0 Å². The molecule has 2 aromatic heterocycles. The van der Waals surface area contributed by atoms with E-state index in [1.165, 1.54) is 12.3 Å². The molecule has 2 rings (SSSR count). The molecule has 90 valence electrons. The Morgan fingerprint density at radius 3 is 2.82 bits per heavy atom. The van der Waals surface area contributed by atoms with E-state index in [-0.39, 0.29) is 11.9 Å². The molecule has 0 bridgehead atoms. The number of aromatic nitrogens is 1. The maximum atomic E-state index is 12.9. The van der Waals surface area contributed by atoms with E-state index >= 15 is 0 Å². The Morgan fingerprint density at radius 2 is 2.29 bits per heavy atom. The van der Waals surface area contributed by atoms with Crippen molar-refractivity contribution in [1.29, 1.82) is 0 Å². The van der Waals surface area contributed by atoms with Crippen LogP contribution in [-0.2, 0) is 0 Å². The lowest BCUT2D eigenvalue weighted by Gasteiger charge is -2.17. The molecule has 0 amide bonds. The van der Waals surface area contributed by atoms with Crippen molar-refractivity contribution in [2.24, 2.45) is 0 Å². The van der Waals surface area contributed by atoms with Gasteiger partial charge in [0.05, 0.1) is 17.9 Å². The van der Waals surface area contributed by atoms with Crippen molar-refractivity contribution in [2.45, 2.75) is 13.0 Å². The third-order valence-corrected chi connectivity index (χ3v) is 4.16. The summed E-state index contributed by atoms with van der Waals surface area (Å²) in [5.74, 6) is -0.312. The first-order chi connectivity index (χ1) is 8.22. The summed E-state index contributed by atoms with van der Waals surface area (Å²) in [6, 6.07) is 3.15. The molecule has 0 aliphatic rings. The van der Waals surface area contributed by atoms with Crippen molar-refractivity contribution in [2.75, 3.05) is 6.54 Å². The van der Waals surface area contributed by atoms with E-state index in [0.29, 0.717) is 0 Å². The summed E-state index contributed by atoms with van der Waals surface area (Å²) in [4.78, 5) is 4.14. The Hall–Kier alpha value is -0.780. The Balaban J connectivity index is 2.35. The first-order valence-electron chi connectivity index (χ1n) is 5.28. The molecular weight excluding hydrogens is 303 g/mol. The maximum Gasteiger partial charge on any atom is 0.141 e. The number of hydrogen-bond acceptors (Lipinski definition) is 3. The van der Waals surface area contributed by atoms with Crippen molar-refractivity contribution < 1.29 is 4.39 Å². The van der Waals surface area contributed by atoms with Gasteiger partial charge in [0, 0.05) is 9.85 Å². The van der Waals surface area contributed by atoms with E-state index < -0.39 is 0 Å². The minimum Gasteiger partial charge on any atom is -0.305 e. The number of nitrogens with one attached hydrogen (secondary N) is 1. The molecule has 1 unspecified atom stereocenters. The molecule has 0 saturated carbocycles. The number of rotatable bonds is 4. The predicted molar refractivity (Wildman–Crippen MR) is 71.7 cm³/mol. The van der Waals surface area contributed by atoms with Crippen LogP contribution in [0.4, 0.5) is 4.39 Å². The van der Waals surface area contributed by atoms with Crippen LogP contribution in [0, 0.1) is 5.82 Å².